The van der Waals surface area contributed by atoms with Crippen LogP contribution in [-0.4, -0.2) is 131 Å². The number of nitrogens with zero attached hydrogens (tertiary/aromatic N) is 4. The monoisotopic (exact) mass is 925 g/mol. The van der Waals surface area contributed by atoms with E-state index in [1.54, 1.807) is 12.1 Å². The SMILES string of the molecule is CCC1C[C@]1(NC(=O)[C@@H]1C[C@@H](Oc2cc(-c3csc(NC(C)C)n3)nc3c(Cl)c(OCCN4CCOCC4)ccc23)CN1C(=O)[C@@H](NC(=O)OC1C[C@@H](C)[C@@H](C)C1)C(C)(C)C)C(=O)O. The average Bonchev–Trinajstić information content (AvgIpc) is 3.47. The number of ether oxygens (including phenoxy) is 4. The van der Waals surface area contributed by atoms with Crippen LogP contribution in [0.5, 0.6) is 11.5 Å². The van der Waals surface area contributed by atoms with E-state index in [0.717, 1.165) is 31.1 Å². The summed E-state index contributed by atoms with van der Waals surface area (Å²) in [7, 11) is 0. The van der Waals surface area contributed by atoms with E-state index >= 15 is 0 Å². The quantitative estimate of drug-likeness (QED) is 0.117. The molecule has 2 aliphatic heterocycles. The summed E-state index contributed by atoms with van der Waals surface area (Å²) < 4.78 is 24.4. The number of thiazole rings is 1. The van der Waals surface area contributed by atoms with Crippen LogP contribution in [0.3, 0.4) is 0 Å². The Kier molecular flexibility index (Phi) is 14.5. The molecule has 2 saturated carbocycles. The molecule has 8 atom stereocenters. The maximum Gasteiger partial charge on any atom is 0.408 e. The van der Waals surface area contributed by atoms with Gasteiger partial charge in [-0.1, -0.05) is 59.6 Å². The number of carboxylic acid groups (broad SMARTS) is 1. The van der Waals surface area contributed by atoms with Crippen molar-refractivity contribution in [2.45, 2.75) is 123 Å². The van der Waals surface area contributed by atoms with Crippen LogP contribution in [0.25, 0.3) is 22.3 Å². The maximum absolute atomic E-state index is 14.9. The molecule has 7 rings (SSSR count). The summed E-state index contributed by atoms with van der Waals surface area (Å²) >= 11 is 8.56. The normalized spacial score (nSPS) is 26.4. The van der Waals surface area contributed by atoms with E-state index in [2.05, 4.69) is 34.7 Å². The Labute approximate surface area is 384 Å². The van der Waals surface area contributed by atoms with Crippen LogP contribution in [-0.2, 0) is 23.9 Å². The van der Waals surface area contributed by atoms with Gasteiger partial charge >= 0.3 is 12.1 Å². The summed E-state index contributed by atoms with van der Waals surface area (Å²) in [5, 5.41) is 22.7. The molecule has 0 radical (unpaired) electrons. The lowest BCUT2D eigenvalue weighted by Gasteiger charge is -2.35. The number of amides is 3. The van der Waals surface area contributed by atoms with E-state index in [-0.39, 0.29) is 37.5 Å². The number of anilines is 1. The number of halogens is 1. The van der Waals surface area contributed by atoms with Crippen LogP contribution < -0.4 is 25.4 Å². The summed E-state index contributed by atoms with van der Waals surface area (Å²) in [5.74, 6) is -0.806. The topological polar surface area (TPSA) is 194 Å². The Bertz CT molecular complexity index is 2190. The number of hydrogen-bond donors (Lipinski definition) is 4. The highest BCUT2D eigenvalue weighted by molar-refractivity contribution is 7.14. The van der Waals surface area contributed by atoms with Crippen molar-refractivity contribution >= 4 is 62.8 Å². The molecule has 18 heteroatoms. The molecule has 2 aliphatic carbocycles. The number of fused-ring (bicyclic) bond motifs is 1. The second-order valence-electron chi connectivity index (χ2n) is 19.4. The Hall–Kier alpha value is -4.45. The van der Waals surface area contributed by atoms with Crippen LogP contribution in [0.15, 0.2) is 23.6 Å². The fraction of sp³-hybridized carbons (Fsp3) is 0.652. The molecule has 2 unspecified atom stereocenters. The van der Waals surface area contributed by atoms with Crippen LogP contribution >= 0.6 is 22.9 Å². The maximum atomic E-state index is 14.9. The van der Waals surface area contributed by atoms with Crippen molar-refractivity contribution in [3.63, 3.8) is 0 Å². The van der Waals surface area contributed by atoms with Gasteiger partial charge in [-0.3, -0.25) is 14.5 Å². The van der Waals surface area contributed by atoms with Gasteiger partial charge < -0.3 is 44.9 Å². The van der Waals surface area contributed by atoms with Gasteiger partial charge in [0.2, 0.25) is 11.8 Å². The second-order valence-corrected chi connectivity index (χ2v) is 20.6. The molecule has 2 aromatic heterocycles. The zero-order chi connectivity index (χ0) is 46.1. The predicted molar refractivity (Wildman–Crippen MR) is 245 cm³/mol. The first-order valence-corrected chi connectivity index (χ1v) is 23.9. The average molecular weight is 927 g/mol. The largest absolute Gasteiger partial charge is 0.491 e. The highest BCUT2D eigenvalue weighted by Crippen LogP contribution is 2.47. The number of benzene rings is 1. The van der Waals surface area contributed by atoms with Gasteiger partial charge in [0, 0.05) is 48.9 Å². The molecule has 2 saturated heterocycles. The lowest BCUT2D eigenvalue weighted by molar-refractivity contribution is -0.146. The number of hydrogen-bond acceptors (Lipinski definition) is 13. The number of aliphatic carboxylic acids is 1. The first-order chi connectivity index (χ1) is 30.4. The molecule has 0 bridgehead atoms. The number of carbonyl (C=O) groups is 4. The van der Waals surface area contributed by atoms with Crippen molar-refractivity contribution in [2.24, 2.45) is 23.2 Å². The van der Waals surface area contributed by atoms with Crippen molar-refractivity contribution in [3.05, 3.63) is 28.6 Å². The number of nitrogens with one attached hydrogen (secondary N) is 3. The summed E-state index contributed by atoms with van der Waals surface area (Å²) in [6, 6.07) is 3.35. The zero-order valence-corrected chi connectivity index (χ0v) is 39.8. The van der Waals surface area contributed by atoms with Crippen LogP contribution in [0.2, 0.25) is 5.02 Å². The zero-order valence-electron chi connectivity index (χ0n) is 38.2. The molecule has 4 aliphatic rings. The van der Waals surface area contributed by atoms with Gasteiger partial charge in [-0.2, -0.15) is 0 Å². The van der Waals surface area contributed by atoms with Gasteiger partial charge in [-0.15, -0.1) is 11.3 Å². The number of carboxylic acids is 1. The molecule has 4 heterocycles. The third-order valence-corrected chi connectivity index (χ3v) is 14.3. The number of carbonyl (C=O) groups excluding carboxylic acids is 3. The highest BCUT2D eigenvalue weighted by Gasteiger charge is 2.61. The van der Waals surface area contributed by atoms with E-state index in [1.807, 2.05) is 53.0 Å². The highest BCUT2D eigenvalue weighted by atomic mass is 35.5. The minimum Gasteiger partial charge on any atom is -0.491 e. The lowest BCUT2D eigenvalue weighted by Crippen LogP contribution is -2.59. The number of rotatable bonds is 16. The fourth-order valence-corrected chi connectivity index (χ4v) is 10.2. The third kappa shape index (κ3) is 10.6. The van der Waals surface area contributed by atoms with E-state index in [9.17, 15) is 24.3 Å². The van der Waals surface area contributed by atoms with E-state index in [4.69, 9.17) is 40.5 Å². The smallest absolute Gasteiger partial charge is 0.408 e. The van der Waals surface area contributed by atoms with Gasteiger partial charge in [-0.25, -0.2) is 19.6 Å². The number of aromatic nitrogens is 2. The standard InChI is InChI=1S/C46H64ClN7O9S/c1-9-28-22-46(28,42(57)58)52-40(55)34-20-30(23-54(34)41(56)39(45(6,7)8)51-44(59)63-29-18-26(4)27(5)19-29)62-36-21-32(33-24-64-43(50-33)48-25(2)3)49-38-31(36)10-11-35(37(38)47)61-17-14-53-12-15-60-16-13-53/h10-11,21,24-30,34,39H,9,12-20,22-23H2,1-8H3,(H,48,50)(H,51,59)(H,52,55)(H,57,58)/t26-,27+,28?,29?,30-,34+,39-,46-/m1/s1. The van der Waals surface area contributed by atoms with Gasteiger partial charge in [0.25, 0.3) is 0 Å². The van der Waals surface area contributed by atoms with Gasteiger partial charge in [0.15, 0.2) is 5.13 Å². The molecule has 3 amide bonds. The van der Waals surface area contributed by atoms with Crippen LogP contribution in [0.4, 0.5) is 9.93 Å². The predicted octanol–water partition coefficient (Wildman–Crippen LogP) is 6.84. The Morgan fingerprint density at radius 2 is 1.75 bits per heavy atom. The van der Waals surface area contributed by atoms with Crippen molar-refractivity contribution in [1.82, 2.24) is 30.4 Å². The first-order valence-electron chi connectivity index (χ1n) is 22.6. The van der Waals surface area contributed by atoms with Crippen molar-refractivity contribution in [1.29, 1.82) is 0 Å². The molecule has 350 valence electrons. The van der Waals surface area contributed by atoms with Crippen molar-refractivity contribution < 1.29 is 43.2 Å². The minimum atomic E-state index is -1.42. The number of likely N-dealkylation sites (tertiary alicyclic amines) is 1. The summed E-state index contributed by atoms with van der Waals surface area (Å²) in [5.41, 5.74) is -0.714. The van der Waals surface area contributed by atoms with Gasteiger partial charge in [0.1, 0.15) is 58.7 Å². The molecule has 16 nitrogen and oxygen atoms in total. The molecular formula is C46H64ClN7O9S. The van der Waals surface area contributed by atoms with Crippen molar-refractivity contribution in [2.75, 3.05) is 51.3 Å². The van der Waals surface area contributed by atoms with E-state index in [1.165, 1.54) is 16.2 Å². The van der Waals surface area contributed by atoms with Crippen molar-refractivity contribution in [3.8, 4) is 22.9 Å². The first kappa shape index (κ1) is 47.5. The van der Waals surface area contributed by atoms with Crippen LogP contribution in [0, 0.1) is 23.2 Å². The molecule has 4 fully saturated rings. The molecule has 64 heavy (non-hydrogen) atoms. The Morgan fingerprint density at radius 1 is 1.03 bits per heavy atom. The molecule has 3 aromatic rings. The number of morpholine rings is 1. The minimum absolute atomic E-state index is 0.0378. The third-order valence-electron chi connectivity index (χ3n) is 13.2. The molecule has 1 aromatic carbocycles. The van der Waals surface area contributed by atoms with Gasteiger partial charge in [-0.05, 0) is 68.4 Å². The summed E-state index contributed by atoms with van der Waals surface area (Å²) in [6.45, 7) is 19.8. The Morgan fingerprint density at radius 3 is 2.39 bits per heavy atom. The molecule has 4 N–H and O–H groups in total. The van der Waals surface area contributed by atoms with Gasteiger partial charge in [0.05, 0.1) is 31.0 Å². The lowest BCUT2D eigenvalue weighted by atomic mass is 9.85. The Balaban J connectivity index is 1.20. The summed E-state index contributed by atoms with van der Waals surface area (Å²) in [4.78, 5) is 68.7. The summed E-state index contributed by atoms with van der Waals surface area (Å²) in [6.07, 6.45) is 0.650. The number of alkyl carbamates (subject to hydrolysis) is 1. The molecular weight excluding hydrogens is 862 g/mol. The number of pyridine rings is 1. The fourth-order valence-electron chi connectivity index (χ4n) is 9.12. The second kappa shape index (κ2) is 19.6. The van der Waals surface area contributed by atoms with E-state index < -0.39 is 53.0 Å². The van der Waals surface area contributed by atoms with E-state index in [0.29, 0.717) is 83.4 Å². The van der Waals surface area contributed by atoms with Crippen LogP contribution in [0.1, 0.15) is 87.5 Å². The molecule has 0 spiro atoms.